The van der Waals surface area contributed by atoms with Crippen molar-refractivity contribution in [3.63, 3.8) is 0 Å². The molecule has 122 valence electrons. The van der Waals surface area contributed by atoms with Gasteiger partial charge in [0.25, 0.3) is 0 Å². The van der Waals surface area contributed by atoms with Crippen molar-refractivity contribution < 1.29 is 9.90 Å². The first kappa shape index (κ1) is 15.8. The summed E-state index contributed by atoms with van der Waals surface area (Å²) >= 11 is 0. The molecule has 1 aromatic carbocycles. The number of carbonyl (C=O) groups is 1. The molecule has 1 aromatic rings. The zero-order chi connectivity index (χ0) is 16.4. The van der Waals surface area contributed by atoms with Crippen LogP contribution in [0.2, 0.25) is 0 Å². The number of amides is 1. The summed E-state index contributed by atoms with van der Waals surface area (Å²) in [6.45, 7) is 6.40. The number of phenols is 1. The Hall–Kier alpha value is -2.06. The number of nitrogens with zero attached hydrogens (tertiary/aromatic N) is 3. The van der Waals surface area contributed by atoms with E-state index >= 15 is 0 Å². The molecule has 2 aliphatic rings. The van der Waals surface area contributed by atoms with E-state index in [9.17, 15) is 9.90 Å². The molecular formula is C18H23N3O2. The van der Waals surface area contributed by atoms with Crippen LogP contribution < -0.4 is 0 Å². The third kappa shape index (κ3) is 3.48. The van der Waals surface area contributed by atoms with Crippen molar-refractivity contribution in [3.05, 3.63) is 29.3 Å². The third-order valence-corrected chi connectivity index (χ3v) is 5.14. The monoisotopic (exact) mass is 313 g/mol. The van der Waals surface area contributed by atoms with E-state index in [1.807, 2.05) is 17.0 Å². The van der Waals surface area contributed by atoms with Crippen molar-refractivity contribution in [1.82, 2.24) is 9.80 Å². The van der Waals surface area contributed by atoms with Gasteiger partial charge < -0.3 is 10.0 Å². The molecule has 1 unspecified atom stereocenters. The molecule has 5 heteroatoms. The Morgan fingerprint density at radius 3 is 2.83 bits per heavy atom. The van der Waals surface area contributed by atoms with Gasteiger partial charge in [0.2, 0.25) is 5.91 Å². The number of aromatic hydroxyl groups is 1. The van der Waals surface area contributed by atoms with Gasteiger partial charge in [0.15, 0.2) is 0 Å². The van der Waals surface area contributed by atoms with Gasteiger partial charge >= 0.3 is 0 Å². The van der Waals surface area contributed by atoms with E-state index in [1.54, 1.807) is 19.1 Å². The Morgan fingerprint density at radius 2 is 2.13 bits per heavy atom. The highest BCUT2D eigenvalue weighted by atomic mass is 16.3. The maximum atomic E-state index is 11.5. The fourth-order valence-corrected chi connectivity index (χ4v) is 3.75. The molecule has 1 atom stereocenters. The fourth-order valence-electron chi connectivity index (χ4n) is 3.75. The molecule has 3 rings (SSSR count). The Morgan fingerprint density at radius 1 is 1.35 bits per heavy atom. The van der Waals surface area contributed by atoms with E-state index in [1.165, 1.54) is 6.42 Å². The minimum absolute atomic E-state index is 0.0456. The van der Waals surface area contributed by atoms with Crippen molar-refractivity contribution in [2.24, 2.45) is 11.8 Å². The standard InChI is InChI=1S/C18H23N3O2/c1-13(22)21-6-2-3-15(12-21)17-10-20(11-17)9-14-4-5-18(23)16(7-14)8-19/h4-5,7,15,17,23H,2-3,6,9-12H2,1H3. The van der Waals surface area contributed by atoms with Crippen LogP contribution in [0, 0.1) is 23.2 Å². The molecule has 2 aliphatic heterocycles. The summed E-state index contributed by atoms with van der Waals surface area (Å²) < 4.78 is 0. The summed E-state index contributed by atoms with van der Waals surface area (Å²) in [7, 11) is 0. The average molecular weight is 313 g/mol. The Balaban J connectivity index is 1.51. The number of carbonyl (C=O) groups excluding carboxylic acids is 1. The number of nitriles is 1. The molecule has 2 fully saturated rings. The zero-order valence-corrected chi connectivity index (χ0v) is 13.5. The van der Waals surface area contributed by atoms with Gasteiger partial charge in [0, 0.05) is 39.6 Å². The van der Waals surface area contributed by atoms with Gasteiger partial charge in [-0.05, 0) is 42.4 Å². The first-order valence-electron chi connectivity index (χ1n) is 8.26. The van der Waals surface area contributed by atoms with Crippen LogP contribution in [-0.4, -0.2) is 47.0 Å². The van der Waals surface area contributed by atoms with E-state index in [0.29, 0.717) is 17.4 Å². The molecule has 2 heterocycles. The van der Waals surface area contributed by atoms with Gasteiger partial charge in [-0.15, -0.1) is 0 Å². The molecule has 0 saturated carbocycles. The largest absolute Gasteiger partial charge is 0.507 e. The molecule has 1 amide bonds. The number of benzene rings is 1. The van der Waals surface area contributed by atoms with Crippen molar-refractivity contribution >= 4 is 5.91 Å². The highest BCUT2D eigenvalue weighted by Crippen LogP contribution is 2.32. The van der Waals surface area contributed by atoms with E-state index in [-0.39, 0.29) is 11.7 Å². The molecule has 0 spiro atoms. The van der Waals surface area contributed by atoms with Crippen molar-refractivity contribution in [3.8, 4) is 11.8 Å². The van der Waals surface area contributed by atoms with Gasteiger partial charge in [-0.2, -0.15) is 5.26 Å². The van der Waals surface area contributed by atoms with Crippen LogP contribution >= 0.6 is 0 Å². The molecule has 0 radical (unpaired) electrons. The summed E-state index contributed by atoms with van der Waals surface area (Å²) in [5, 5.41) is 18.5. The molecule has 1 N–H and O–H groups in total. The summed E-state index contributed by atoms with van der Waals surface area (Å²) in [5.41, 5.74) is 1.40. The highest BCUT2D eigenvalue weighted by molar-refractivity contribution is 5.73. The normalized spacial score (nSPS) is 22.4. The van der Waals surface area contributed by atoms with Crippen molar-refractivity contribution in [2.75, 3.05) is 26.2 Å². The van der Waals surface area contributed by atoms with Crippen LogP contribution in [-0.2, 0) is 11.3 Å². The number of hydrogen-bond donors (Lipinski definition) is 1. The van der Waals surface area contributed by atoms with Gasteiger partial charge in [0.05, 0.1) is 5.56 Å². The van der Waals surface area contributed by atoms with Crippen LogP contribution in [0.3, 0.4) is 0 Å². The number of likely N-dealkylation sites (tertiary alicyclic amines) is 2. The summed E-state index contributed by atoms with van der Waals surface area (Å²) in [6.07, 6.45) is 2.34. The lowest BCUT2D eigenvalue weighted by atomic mass is 9.80. The maximum Gasteiger partial charge on any atom is 0.219 e. The van der Waals surface area contributed by atoms with Crippen LogP contribution in [0.15, 0.2) is 18.2 Å². The SMILES string of the molecule is CC(=O)N1CCCC(C2CN(Cc3ccc(O)c(C#N)c3)C2)C1. The molecule has 5 nitrogen and oxygen atoms in total. The predicted octanol–water partition coefficient (Wildman–Crippen LogP) is 1.95. The summed E-state index contributed by atoms with van der Waals surface area (Å²) in [6, 6.07) is 7.25. The molecule has 0 aromatic heterocycles. The number of piperidine rings is 1. The second kappa shape index (κ2) is 6.59. The van der Waals surface area contributed by atoms with E-state index in [2.05, 4.69) is 4.90 Å². The van der Waals surface area contributed by atoms with Crippen LogP contribution in [0.4, 0.5) is 0 Å². The number of hydrogen-bond acceptors (Lipinski definition) is 4. The first-order valence-corrected chi connectivity index (χ1v) is 8.26. The molecule has 0 bridgehead atoms. The minimum Gasteiger partial charge on any atom is -0.507 e. The van der Waals surface area contributed by atoms with Gasteiger partial charge in [-0.3, -0.25) is 9.69 Å². The Bertz CT molecular complexity index is 632. The van der Waals surface area contributed by atoms with Crippen LogP contribution in [0.25, 0.3) is 0 Å². The first-order chi connectivity index (χ1) is 11.1. The molecule has 0 aliphatic carbocycles. The van der Waals surface area contributed by atoms with Crippen molar-refractivity contribution in [1.29, 1.82) is 5.26 Å². The van der Waals surface area contributed by atoms with Gasteiger partial charge in [0.1, 0.15) is 11.8 Å². The highest BCUT2D eigenvalue weighted by Gasteiger charge is 2.36. The maximum absolute atomic E-state index is 11.5. The average Bonchev–Trinajstić information content (AvgIpc) is 2.52. The lowest BCUT2D eigenvalue weighted by Crippen LogP contribution is -2.53. The van der Waals surface area contributed by atoms with Crippen LogP contribution in [0.5, 0.6) is 5.75 Å². The molecule has 23 heavy (non-hydrogen) atoms. The smallest absolute Gasteiger partial charge is 0.219 e. The summed E-state index contributed by atoms with van der Waals surface area (Å²) in [4.78, 5) is 15.9. The van der Waals surface area contributed by atoms with E-state index < -0.39 is 0 Å². The quantitative estimate of drug-likeness (QED) is 0.926. The van der Waals surface area contributed by atoms with E-state index in [4.69, 9.17) is 5.26 Å². The minimum atomic E-state index is 0.0456. The van der Waals surface area contributed by atoms with Gasteiger partial charge in [-0.1, -0.05) is 6.07 Å². The lowest BCUT2D eigenvalue weighted by Gasteiger charge is -2.46. The second-order valence-electron chi connectivity index (χ2n) is 6.78. The number of rotatable bonds is 3. The summed E-state index contributed by atoms with van der Waals surface area (Å²) in [5.74, 6) is 1.53. The zero-order valence-electron chi connectivity index (χ0n) is 13.5. The third-order valence-electron chi connectivity index (χ3n) is 5.14. The number of phenolic OH excluding ortho intramolecular Hbond substituents is 1. The Kier molecular flexibility index (Phi) is 4.53. The van der Waals surface area contributed by atoms with E-state index in [0.717, 1.165) is 44.7 Å². The predicted molar refractivity (Wildman–Crippen MR) is 86.6 cm³/mol. The lowest BCUT2D eigenvalue weighted by molar-refractivity contribution is -0.131. The van der Waals surface area contributed by atoms with Gasteiger partial charge in [-0.25, -0.2) is 0 Å². The topological polar surface area (TPSA) is 67.6 Å². The molecular weight excluding hydrogens is 290 g/mol. The second-order valence-corrected chi connectivity index (χ2v) is 6.78. The van der Waals surface area contributed by atoms with Crippen molar-refractivity contribution in [2.45, 2.75) is 26.3 Å². The fraction of sp³-hybridized carbons (Fsp3) is 0.556. The van der Waals surface area contributed by atoms with Crippen LogP contribution in [0.1, 0.15) is 30.9 Å². The molecule has 2 saturated heterocycles. The Labute approximate surface area is 137 Å².